The van der Waals surface area contributed by atoms with Crippen molar-refractivity contribution >= 4 is 23.0 Å². The largest absolute Gasteiger partial charge is 0.354 e. The third kappa shape index (κ3) is 3.06. The van der Waals surface area contributed by atoms with E-state index in [2.05, 4.69) is 5.32 Å². The van der Waals surface area contributed by atoms with E-state index in [0.29, 0.717) is 17.6 Å². The Hall–Kier alpha value is -2.94. The van der Waals surface area contributed by atoms with Crippen LogP contribution in [0.1, 0.15) is 31.4 Å². The third-order valence-corrected chi connectivity index (χ3v) is 4.18. The van der Waals surface area contributed by atoms with Crippen LogP contribution in [0.4, 0.5) is 0 Å². The van der Waals surface area contributed by atoms with Crippen LogP contribution in [0.3, 0.4) is 0 Å². The van der Waals surface area contributed by atoms with E-state index in [4.69, 9.17) is 0 Å². The summed E-state index contributed by atoms with van der Waals surface area (Å²) in [5.41, 5.74) is 4.74. The Morgan fingerprint density at radius 2 is 1.08 bits per heavy atom. The second-order valence-electron chi connectivity index (χ2n) is 5.85. The molecule has 0 amide bonds. The molecule has 0 fully saturated rings. The summed E-state index contributed by atoms with van der Waals surface area (Å²) in [6.45, 7) is 3.09. The zero-order chi connectivity index (χ0) is 17.1. The number of allylic oxidation sites excluding steroid dienone is 2. The molecule has 2 aromatic rings. The van der Waals surface area contributed by atoms with Gasteiger partial charge in [0.05, 0.1) is 11.4 Å². The number of dihydropyridines is 1. The number of benzene rings is 2. The Labute approximate surface area is 141 Å². The lowest BCUT2D eigenvalue weighted by Gasteiger charge is -2.26. The summed E-state index contributed by atoms with van der Waals surface area (Å²) in [5.74, 6) is -0.0422. The Bertz CT molecular complexity index is 774. The van der Waals surface area contributed by atoms with Crippen LogP contribution in [0.25, 0.3) is 11.4 Å². The minimum Gasteiger partial charge on any atom is -0.354 e. The maximum Gasteiger partial charge on any atom is 0.158 e. The predicted molar refractivity (Wildman–Crippen MR) is 95.8 cm³/mol. The van der Waals surface area contributed by atoms with E-state index in [9.17, 15) is 9.59 Å². The smallest absolute Gasteiger partial charge is 0.158 e. The van der Waals surface area contributed by atoms with Crippen molar-refractivity contribution in [3.05, 3.63) is 82.9 Å². The minimum atomic E-state index is -0.0211. The molecule has 1 N–H and O–H groups in total. The summed E-state index contributed by atoms with van der Waals surface area (Å²) in [6, 6.07) is 19.5. The first-order valence-electron chi connectivity index (χ1n) is 7.94. The molecule has 3 heteroatoms. The summed E-state index contributed by atoms with van der Waals surface area (Å²) < 4.78 is 0. The molecule has 0 saturated heterocycles. The van der Waals surface area contributed by atoms with E-state index in [1.54, 1.807) is 13.8 Å². The molecule has 3 rings (SSSR count). The van der Waals surface area contributed by atoms with Crippen molar-refractivity contribution in [1.82, 2.24) is 5.32 Å². The van der Waals surface area contributed by atoms with Gasteiger partial charge in [-0.3, -0.25) is 9.59 Å². The molecule has 0 aliphatic carbocycles. The predicted octanol–water partition coefficient (Wildman–Crippen LogP) is 3.98. The van der Waals surface area contributed by atoms with Crippen molar-refractivity contribution in [3.8, 4) is 0 Å². The van der Waals surface area contributed by atoms with Crippen molar-refractivity contribution in [2.75, 3.05) is 0 Å². The Morgan fingerprint density at radius 3 is 1.42 bits per heavy atom. The van der Waals surface area contributed by atoms with Crippen LogP contribution in [0.2, 0.25) is 0 Å². The van der Waals surface area contributed by atoms with Gasteiger partial charge in [0, 0.05) is 17.6 Å². The van der Waals surface area contributed by atoms with E-state index in [1.807, 2.05) is 60.7 Å². The first-order chi connectivity index (χ1) is 11.6. The molecule has 120 valence electrons. The van der Waals surface area contributed by atoms with Crippen LogP contribution < -0.4 is 5.32 Å². The average molecular weight is 317 g/mol. The maximum atomic E-state index is 12.2. The number of rotatable bonds is 4. The number of ketones is 2. The van der Waals surface area contributed by atoms with Crippen molar-refractivity contribution < 1.29 is 9.59 Å². The van der Waals surface area contributed by atoms with Crippen LogP contribution in [0.15, 0.2) is 71.8 Å². The number of carbonyl (C=O) groups excluding carboxylic acids is 2. The van der Waals surface area contributed by atoms with Gasteiger partial charge in [-0.15, -0.1) is 0 Å². The van der Waals surface area contributed by atoms with E-state index in [0.717, 1.165) is 22.5 Å². The molecule has 24 heavy (non-hydrogen) atoms. The number of hydrogen-bond donors (Lipinski definition) is 1. The molecular formula is C21H19NO2. The van der Waals surface area contributed by atoms with E-state index >= 15 is 0 Å². The highest BCUT2D eigenvalue weighted by Gasteiger charge is 2.26. The second kappa shape index (κ2) is 6.67. The average Bonchev–Trinajstić information content (AvgIpc) is 2.62. The highest BCUT2D eigenvalue weighted by atomic mass is 16.1. The van der Waals surface area contributed by atoms with Crippen LogP contribution in [0, 0.1) is 0 Å². The summed E-state index contributed by atoms with van der Waals surface area (Å²) in [7, 11) is 0. The molecule has 2 aromatic carbocycles. The second-order valence-corrected chi connectivity index (χ2v) is 5.85. The van der Waals surface area contributed by atoms with Crippen LogP contribution >= 0.6 is 0 Å². The van der Waals surface area contributed by atoms with Crippen LogP contribution in [-0.4, -0.2) is 11.6 Å². The number of hydrogen-bond acceptors (Lipinski definition) is 3. The molecular weight excluding hydrogens is 298 g/mol. The normalized spacial score (nSPS) is 14.4. The molecule has 1 aliphatic heterocycles. The van der Waals surface area contributed by atoms with Gasteiger partial charge < -0.3 is 5.32 Å². The third-order valence-electron chi connectivity index (χ3n) is 4.18. The molecule has 1 aliphatic rings. The van der Waals surface area contributed by atoms with Crippen molar-refractivity contribution in [2.24, 2.45) is 0 Å². The fourth-order valence-electron chi connectivity index (χ4n) is 2.93. The van der Waals surface area contributed by atoms with Gasteiger partial charge in [-0.05, 0) is 25.0 Å². The lowest BCUT2D eigenvalue weighted by atomic mass is 9.88. The van der Waals surface area contributed by atoms with Crippen LogP contribution in [0.5, 0.6) is 0 Å². The Kier molecular flexibility index (Phi) is 4.43. The zero-order valence-electron chi connectivity index (χ0n) is 13.8. The van der Waals surface area contributed by atoms with Gasteiger partial charge >= 0.3 is 0 Å². The first-order valence-corrected chi connectivity index (χ1v) is 7.94. The summed E-state index contributed by atoms with van der Waals surface area (Å²) in [6.07, 6.45) is 0.353. The van der Waals surface area contributed by atoms with Crippen LogP contribution in [-0.2, 0) is 9.59 Å². The quantitative estimate of drug-likeness (QED) is 0.928. The van der Waals surface area contributed by atoms with Gasteiger partial charge in [0.15, 0.2) is 11.6 Å². The molecule has 1 heterocycles. The molecule has 0 atom stereocenters. The maximum absolute atomic E-state index is 12.2. The van der Waals surface area contributed by atoms with Crippen molar-refractivity contribution in [1.29, 1.82) is 0 Å². The SMILES string of the molecule is CC(=O)C1=C(c2ccccc2)NC(c2ccccc2)=C(C(C)=O)C1. The fourth-order valence-corrected chi connectivity index (χ4v) is 2.93. The van der Waals surface area contributed by atoms with Gasteiger partial charge in [-0.2, -0.15) is 0 Å². The number of nitrogens with one attached hydrogen (secondary N) is 1. The molecule has 3 nitrogen and oxygen atoms in total. The van der Waals surface area contributed by atoms with Crippen molar-refractivity contribution in [2.45, 2.75) is 20.3 Å². The highest BCUT2D eigenvalue weighted by molar-refractivity contribution is 6.10. The first kappa shape index (κ1) is 15.9. The summed E-state index contributed by atoms with van der Waals surface area (Å²) in [4.78, 5) is 24.3. The lowest BCUT2D eigenvalue weighted by molar-refractivity contribution is -0.113. The molecule has 0 spiro atoms. The summed E-state index contributed by atoms with van der Waals surface area (Å²) >= 11 is 0. The topological polar surface area (TPSA) is 46.2 Å². The van der Waals surface area contributed by atoms with Gasteiger partial charge in [0.25, 0.3) is 0 Å². The highest BCUT2D eigenvalue weighted by Crippen LogP contribution is 2.33. The van der Waals surface area contributed by atoms with Gasteiger partial charge in [0.2, 0.25) is 0 Å². The monoisotopic (exact) mass is 317 g/mol. The minimum absolute atomic E-state index is 0.0211. The Balaban J connectivity index is 2.14. The number of Topliss-reactive ketones (excluding diaryl/α,β-unsaturated/α-hetero) is 2. The Morgan fingerprint density at radius 1 is 0.708 bits per heavy atom. The fraction of sp³-hybridized carbons (Fsp3) is 0.143. The van der Waals surface area contributed by atoms with Crippen molar-refractivity contribution in [3.63, 3.8) is 0 Å². The molecule has 0 unspecified atom stereocenters. The van der Waals surface area contributed by atoms with Gasteiger partial charge in [-0.25, -0.2) is 0 Å². The number of carbonyl (C=O) groups is 2. The van der Waals surface area contributed by atoms with E-state index < -0.39 is 0 Å². The lowest BCUT2D eigenvalue weighted by Crippen LogP contribution is -2.24. The zero-order valence-corrected chi connectivity index (χ0v) is 13.8. The van der Waals surface area contributed by atoms with E-state index in [1.165, 1.54) is 0 Å². The molecule has 0 radical (unpaired) electrons. The van der Waals surface area contributed by atoms with Gasteiger partial charge in [0.1, 0.15) is 0 Å². The summed E-state index contributed by atoms with van der Waals surface area (Å²) in [5, 5.41) is 3.37. The molecule has 0 saturated carbocycles. The van der Waals surface area contributed by atoms with Gasteiger partial charge in [-0.1, -0.05) is 60.7 Å². The standard InChI is InChI=1S/C21H19NO2/c1-14(23)18-13-19(15(2)24)21(17-11-7-4-8-12-17)22-20(18)16-9-5-3-6-10-16/h3-12,22H,13H2,1-2H3. The molecule has 0 aromatic heterocycles. The molecule has 0 bridgehead atoms. The van der Waals surface area contributed by atoms with E-state index in [-0.39, 0.29) is 11.6 Å².